The molecule has 0 heterocycles. The van der Waals surface area contributed by atoms with Crippen molar-refractivity contribution in [3.8, 4) is 5.75 Å². The average molecular weight is 299 g/mol. The Labute approximate surface area is 130 Å². The van der Waals surface area contributed by atoms with E-state index in [1.807, 2.05) is 32.0 Å². The SMILES string of the molecule is CCNCC(O)c1cccc(OC(=O)c2ccccc2C)c1. The van der Waals surface area contributed by atoms with Gasteiger partial charge in [-0.25, -0.2) is 4.79 Å². The lowest BCUT2D eigenvalue weighted by molar-refractivity contribution is 0.0733. The number of carbonyl (C=O) groups is 1. The topological polar surface area (TPSA) is 58.6 Å². The molecule has 0 saturated heterocycles. The molecule has 0 saturated carbocycles. The zero-order valence-electron chi connectivity index (χ0n) is 12.9. The molecular weight excluding hydrogens is 278 g/mol. The fourth-order valence-electron chi connectivity index (χ4n) is 2.15. The van der Waals surface area contributed by atoms with Gasteiger partial charge in [0, 0.05) is 6.54 Å². The Balaban J connectivity index is 2.10. The first-order valence-corrected chi connectivity index (χ1v) is 7.38. The Hall–Kier alpha value is -2.17. The third-order valence-corrected chi connectivity index (χ3v) is 3.41. The van der Waals surface area contributed by atoms with E-state index in [1.54, 1.807) is 30.3 Å². The molecule has 2 aromatic carbocycles. The van der Waals surface area contributed by atoms with Gasteiger partial charge in [-0.2, -0.15) is 0 Å². The van der Waals surface area contributed by atoms with Crippen LogP contribution in [0.5, 0.6) is 5.75 Å². The highest BCUT2D eigenvalue weighted by molar-refractivity contribution is 5.92. The molecule has 4 nitrogen and oxygen atoms in total. The number of hydrogen-bond donors (Lipinski definition) is 2. The van der Waals surface area contributed by atoms with E-state index >= 15 is 0 Å². The zero-order valence-corrected chi connectivity index (χ0v) is 12.9. The molecule has 2 N–H and O–H groups in total. The molecule has 0 aliphatic carbocycles. The second kappa shape index (κ2) is 7.73. The highest BCUT2D eigenvalue weighted by atomic mass is 16.5. The molecule has 22 heavy (non-hydrogen) atoms. The molecular formula is C18H21NO3. The van der Waals surface area contributed by atoms with Gasteiger partial charge in [0.05, 0.1) is 11.7 Å². The van der Waals surface area contributed by atoms with Crippen LogP contribution in [0.1, 0.15) is 34.5 Å². The van der Waals surface area contributed by atoms with Crippen molar-refractivity contribution in [3.05, 3.63) is 65.2 Å². The molecule has 0 aromatic heterocycles. The predicted octanol–water partition coefficient (Wildman–Crippen LogP) is 2.86. The summed E-state index contributed by atoms with van der Waals surface area (Å²) in [6.07, 6.45) is -0.628. The summed E-state index contributed by atoms with van der Waals surface area (Å²) in [6.45, 7) is 5.10. The molecule has 0 aliphatic heterocycles. The van der Waals surface area contributed by atoms with Gasteiger partial charge in [0.25, 0.3) is 0 Å². The molecule has 1 unspecified atom stereocenters. The number of carbonyl (C=O) groups excluding carboxylic acids is 1. The van der Waals surface area contributed by atoms with Crippen LogP contribution >= 0.6 is 0 Å². The molecule has 1 atom stereocenters. The van der Waals surface area contributed by atoms with E-state index in [2.05, 4.69) is 5.32 Å². The highest BCUT2D eigenvalue weighted by Gasteiger charge is 2.13. The Morgan fingerprint density at radius 2 is 2.00 bits per heavy atom. The van der Waals surface area contributed by atoms with Crippen molar-refractivity contribution >= 4 is 5.97 Å². The number of esters is 1. The maximum atomic E-state index is 12.2. The minimum absolute atomic E-state index is 0.392. The minimum Gasteiger partial charge on any atom is -0.423 e. The van der Waals surface area contributed by atoms with E-state index in [-0.39, 0.29) is 0 Å². The lowest BCUT2D eigenvalue weighted by atomic mass is 10.1. The molecule has 2 rings (SSSR count). The van der Waals surface area contributed by atoms with E-state index in [0.29, 0.717) is 17.9 Å². The fraction of sp³-hybridized carbons (Fsp3) is 0.278. The summed E-state index contributed by atoms with van der Waals surface area (Å²) >= 11 is 0. The first-order chi connectivity index (χ1) is 10.6. The summed E-state index contributed by atoms with van der Waals surface area (Å²) in [7, 11) is 0. The molecule has 4 heteroatoms. The predicted molar refractivity (Wildman–Crippen MR) is 86.1 cm³/mol. The summed E-state index contributed by atoms with van der Waals surface area (Å²) in [5.41, 5.74) is 2.13. The van der Waals surface area contributed by atoms with Crippen LogP contribution in [0.25, 0.3) is 0 Å². The van der Waals surface area contributed by atoms with Gasteiger partial charge in [-0.3, -0.25) is 0 Å². The maximum absolute atomic E-state index is 12.2. The highest BCUT2D eigenvalue weighted by Crippen LogP contribution is 2.20. The van der Waals surface area contributed by atoms with Crippen LogP contribution in [0, 0.1) is 6.92 Å². The fourth-order valence-corrected chi connectivity index (χ4v) is 2.15. The van der Waals surface area contributed by atoms with Gasteiger partial charge in [0.1, 0.15) is 5.75 Å². The Morgan fingerprint density at radius 1 is 1.23 bits per heavy atom. The zero-order chi connectivity index (χ0) is 15.9. The first-order valence-electron chi connectivity index (χ1n) is 7.38. The quantitative estimate of drug-likeness (QED) is 0.636. The van der Waals surface area contributed by atoms with Crippen LogP contribution in [-0.4, -0.2) is 24.2 Å². The van der Waals surface area contributed by atoms with Crippen LogP contribution in [0.4, 0.5) is 0 Å². The van der Waals surface area contributed by atoms with E-state index in [0.717, 1.165) is 17.7 Å². The standard InChI is InChI=1S/C18H21NO3/c1-3-19-12-17(20)14-8-6-9-15(11-14)22-18(21)16-10-5-4-7-13(16)2/h4-11,17,19-20H,3,12H2,1-2H3. The minimum atomic E-state index is -0.628. The van der Waals surface area contributed by atoms with E-state index < -0.39 is 12.1 Å². The lowest BCUT2D eigenvalue weighted by Crippen LogP contribution is -2.20. The number of benzene rings is 2. The molecule has 0 fully saturated rings. The van der Waals surface area contributed by atoms with Crippen molar-refractivity contribution in [2.75, 3.05) is 13.1 Å². The third-order valence-electron chi connectivity index (χ3n) is 3.41. The summed E-state index contributed by atoms with van der Waals surface area (Å²) in [5.74, 6) is 0.0396. The number of aliphatic hydroxyl groups is 1. The number of likely N-dealkylation sites (N-methyl/N-ethyl adjacent to an activating group) is 1. The van der Waals surface area contributed by atoms with Crippen molar-refractivity contribution in [3.63, 3.8) is 0 Å². The van der Waals surface area contributed by atoms with Crippen LogP contribution < -0.4 is 10.1 Å². The molecule has 0 spiro atoms. The molecule has 0 bridgehead atoms. The van der Waals surface area contributed by atoms with Crippen molar-refractivity contribution in [1.29, 1.82) is 0 Å². The van der Waals surface area contributed by atoms with Crippen LogP contribution in [-0.2, 0) is 0 Å². The van der Waals surface area contributed by atoms with Gasteiger partial charge >= 0.3 is 5.97 Å². The first kappa shape index (κ1) is 16.2. The van der Waals surface area contributed by atoms with Gasteiger partial charge in [0.15, 0.2) is 0 Å². The van der Waals surface area contributed by atoms with Gasteiger partial charge in [-0.15, -0.1) is 0 Å². The van der Waals surface area contributed by atoms with Crippen molar-refractivity contribution in [2.45, 2.75) is 20.0 Å². The smallest absolute Gasteiger partial charge is 0.343 e. The number of aliphatic hydroxyl groups excluding tert-OH is 1. The van der Waals surface area contributed by atoms with Crippen LogP contribution in [0.15, 0.2) is 48.5 Å². The third kappa shape index (κ3) is 4.16. The molecule has 116 valence electrons. The summed E-state index contributed by atoms with van der Waals surface area (Å²) < 4.78 is 5.41. The Kier molecular flexibility index (Phi) is 5.69. The molecule has 2 aromatic rings. The lowest BCUT2D eigenvalue weighted by Gasteiger charge is -2.13. The van der Waals surface area contributed by atoms with E-state index in [1.165, 1.54) is 0 Å². The van der Waals surface area contributed by atoms with Crippen LogP contribution in [0.3, 0.4) is 0 Å². The molecule has 0 aliphatic rings. The van der Waals surface area contributed by atoms with Gasteiger partial charge in [0.2, 0.25) is 0 Å². The van der Waals surface area contributed by atoms with E-state index in [4.69, 9.17) is 4.74 Å². The summed E-state index contributed by atoms with van der Waals surface area (Å²) in [5, 5.41) is 13.2. The average Bonchev–Trinajstić information content (AvgIpc) is 2.53. The Bertz CT molecular complexity index is 640. The number of nitrogens with one attached hydrogen (secondary N) is 1. The largest absolute Gasteiger partial charge is 0.423 e. The van der Waals surface area contributed by atoms with Gasteiger partial charge in [-0.1, -0.05) is 37.3 Å². The molecule has 0 amide bonds. The summed E-state index contributed by atoms with van der Waals surface area (Å²) in [6, 6.07) is 14.3. The number of hydrogen-bond acceptors (Lipinski definition) is 4. The summed E-state index contributed by atoms with van der Waals surface area (Å²) in [4.78, 5) is 12.2. The maximum Gasteiger partial charge on any atom is 0.343 e. The van der Waals surface area contributed by atoms with Gasteiger partial charge < -0.3 is 15.2 Å². The molecule has 0 radical (unpaired) electrons. The number of aryl methyl sites for hydroxylation is 1. The van der Waals surface area contributed by atoms with Crippen LogP contribution in [0.2, 0.25) is 0 Å². The van der Waals surface area contributed by atoms with Crippen molar-refractivity contribution in [1.82, 2.24) is 5.32 Å². The van der Waals surface area contributed by atoms with Crippen molar-refractivity contribution in [2.24, 2.45) is 0 Å². The van der Waals surface area contributed by atoms with Gasteiger partial charge in [-0.05, 0) is 42.8 Å². The normalized spacial score (nSPS) is 12.0. The second-order valence-electron chi connectivity index (χ2n) is 5.10. The van der Waals surface area contributed by atoms with Crippen molar-refractivity contribution < 1.29 is 14.6 Å². The number of ether oxygens (including phenoxy) is 1. The van der Waals surface area contributed by atoms with E-state index in [9.17, 15) is 9.90 Å². The Morgan fingerprint density at radius 3 is 2.73 bits per heavy atom. The monoisotopic (exact) mass is 299 g/mol. The second-order valence-corrected chi connectivity index (χ2v) is 5.10. The number of rotatable bonds is 6.